The second kappa shape index (κ2) is 7.88. The predicted octanol–water partition coefficient (Wildman–Crippen LogP) is 3.53. The number of rotatable bonds is 8. The Kier molecular flexibility index (Phi) is 6.13. The summed E-state index contributed by atoms with van der Waals surface area (Å²) in [6.45, 7) is 6.05. The van der Waals surface area contributed by atoms with Gasteiger partial charge in [-0.1, -0.05) is 32.9 Å². The third-order valence-electron chi connectivity index (χ3n) is 4.71. The van der Waals surface area contributed by atoms with Gasteiger partial charge in [0.05, 0.1) is 33.3 Å². The lowest BCUT2D eigenvalue weighted by atomic mass is 9.78. The highest BCUT2D eigenvalue weighted by Gasteiger charge is 2.36. The van der Waals surface area contributed by atoms with E-state index >= 15 is 0 Å². The first kappa shape index (κ1) is 17.9. The number of amides is 1. The number of benzene rings is 1. The molecule has 2 aromatic rings. The maximum Gasteiger partial charge on any atom is 0.226 e. The number of hydrogen-bond acceptors (Lipinski definition) is 4. The van der Waals surface area contributed by atoms with Crippen molar-refractivity contribution in [3.05, 3.63) is 29.3 Å². The number of aliphatic hydroxyl groups excluding tert-OH is 1. The molecule has 4 nitrogen and oxygen atoms in total. The Morgan fingerprint density at radius 1 is 1.30 bits per heavy atom. The molecule has 23 heavy (non-hydrogen) atoms. The van der Waals surface area contributed by atoms with Crippen molar-refractivity contribution in [2.24, 2.45) is 5.41 Å². The zero-order valence-electron chi connectivity index (χ0n) is 14.1. The van der Waals surface area contributed by atoms with E-state index in [9.17, 15) is 9.90 Å². The molecule has 2 rings (SSSR count). The molecule has 0 radical (unpaired) electrons. The van der Waals surface area contributed by atoms with E-state index in [1.54, 1.807) is 11.3 Å². The van der Waals surface area contributed by atoms with E-state index in [1.165, 1.54) is 0 Å². The normalized spacial score (nSPS) is 13.2. The molecule has 126 valence electrons. The number of para-hydroxylation sites is 1. The van der Waals surface area contributed by atoms with Gasteiger partial charge in [-0.05, 0) is 31.4 Å². The van der Waals surface area contributed by atoms with Gasteiger partial charge in [-0.2, -0.15) is 0 Å². The number of hydrogen-bond donors (Lipinski definition) is 2. The van der Waals surface area contributed by atoms with E-state index in [-0.39, 0.29) is 18.6 Å². The lowest BCUT2D eigenvalue weighted by Crippen LogP contribution is -2.47. The minimum Gasteiger partial charge on any atom is -0.394 e. The molecule has 1 aromatic heterocycles. The standard InChI is InChI=1S/C18H26N2O2S/c1-4-13(12-21)19-17(22)18(5-2,6-3)11-16-20-14-9-7-8-10-15(14)23-16/h7-10,13,21H,4-6,11-12H2,1-3H3,(H,19,22). The molecule has 0 bridgehead atoms. The van der Waals surface area contributed by atoms with Crippen molar-refractivity contribution < 1.29 is 9.90 Å². The highest BCUT2D eigenvalue weighted by atomic mass is 32.1. The predicted molar refractivity (Wildman–Crippen MR) is 95.6 cm³/mol. The molecule has 5 heteroatoms. The average Bonchev–Trinajstić information content (AvgIpc) is 2.99. The van der Waals surface area contributed by atoms with Crippen LogP contribution in [0.3, 0.4) is 0 Å². The van der Waals surface area contributed by atoms with Gasteiger partial charge in [0.1, 0.15) is 0 Å². The van der Waals surface area contributed by atoms with E-state index in [0.29, 0.717) is 6.42 Å². The van der Waals surface area contributed by atoms with Crippen molar-refractivity contribution in [1.82, 2.24) is 10.3 Å². The first-order chi connectivity index (χ1) is 11.1. The first-order valence-corrected chi connectivity index (χ1v) is 9.16. The number of nitrogens with one attached hydrogen (secondary N) is 1. The van der Waals surface area contributed by atoms with Crippen LogP contribution in [-0.4, -0.2) is 28.6 Å². The third-order valence-corrected chi connectivity index (χ3v) is 5.75. The van der Waals surface area contributed by atoms with Crippen LogP contribution < -0.4 is 5.32 Å². The molecule has 1 unspecified atom stereocenters. The van der Waals surface area contributed by atoms with Crippen molar-refractivity contribution >= 4 is 27.5 Å². The van der Waals surface area contributed by atoms with Crippen LogP contribution in [0.4, 0.5) is 0 Å². The fourth-order valence-electron chi connectivity index (χ4n) is 2.80. The maximum atomic E-state index is 12.8. The van der Waals surface area contributed by atoms with Gasteiger partial charge < -0.3 is 10.4 Å². The number of fused-ring (bicyclic) bond motifs is 1. The van der Waals surface area contributed by atoms with Crippen molar-refractivity contribution in [1.29, 1.82) is 0 Å². The molecule has 1 amide bonds. The summed E-state index contributed by atoms with van der Waals surface area (Å²) >= 11 is 1.66. The van der Waals surface area contributed by atoms with E-state index in [2.05, 4.69) is 30.2 Å². The monoisotopic (exact) mass is 334 g/mol. The molecule has 0 fully saturated rings. The van der Waals surface area contributed by atoms with Crippen LogP contribution in [0, 0.1) is 5.41 Å². The molecule has 2 N–H and O–H groups in total. The molecule has 0 aliphatic carbocycles. The highest BCUT2D eigenvalue weighted by molar-refractivity contribution is 7.18. The zero-order valence-corrected chi connectivity index (χ0v) is 14.9. The van der Waals surface area contributed by atoms with Crippen molar-refractivity contribution in [3.8, 4) is 0 Å². The highest BCUT2D eigenvalue weighted by Crippen LogP contribution is 2.34. The minimum atomic E-state index is -0.462. The summed E-state index contributed by atoms with van der Waals surface area (Å²) in [5.74, 6) is 0.0302. The molecule has 0 saturated carbocycles. The summed E-state index contributed by atoms with van der Waals surface area (Å²) in [7, 11) is 0. The summed E-state index contributed by atoms with van der Waals surface area (Å²) < 4.78 is 1.16. The molecule has 0 aliphatic rings. The van der Waals surface area contributed by atoms with E-state index in [1.807, 2.05) is 25.1 Å². The van der Waals surface area contributed by atoms with Crippen molar-refractivity contribution in [2.45, 2.75) is 52.5 Å². The molecule has 0 saturated heterocycles. The van der Waals surface area contributed by atoms with E-state index in [4.69, 9.17) is 0 Å². The number of aromatic nitrogens is 1. The van der Waals surface area contributed by atoms with Crippen LogP contribution in [0.15, 0.2) is 24.3 Å². The number of carbonyl (C=O) groups excluding carboxylic acids is 1. The molecular formula is C18H26N2O2S. The topological polar surface area (TPSA) is 62.2 Å². The smallest absolute Gasteiger partial charge is 0.226 e. The maximum absolute atomic E-state index is 12.8. The van der Waals surface area contributed by atoms with Gasteiger partial charge in [0.15, 0.2) is 0 Å². The van der Waals surface area contributed by atoms with Crippen LogP contribution in [0.2, 0.25) is 0 Å². The van der Waals surface area contributed by atoms with E-state index < -0.39 is 5.41 Å². The average molecular weight is 334 g/mol. The van der Waals surface area contributed by atoms with Gasteiger partial charge in [-0.25, -0.2) is 4.98 Å². The summed E-state index contributed by atoms with van der Waals surface area (Å²) in [5.41, 5.74) is 0.534. The van der Waals surface area contributed by atoms with Crippen molar-refractivity contribution in [3.63, 3.8) is 0 Å². The lowest BCUT2D eigenvalue weighted by molar-refractivity contribution is -0.132. The Morgan fingerprint density at radius 2 is 2.00 bits per heavy atom. The first-order valence-electron chi connectivity index (χ1n) is 8.34. The summed E-state index contributed by atoms with van der Waals surface area (Å²) in [6.07, 6.45) is 2.89. The van der Waals surface area contributed by atoms with Gasteiger partial charge in [0, 0.05) is 6.42 Å². The van der Waals surface area contributed by atoms with Gasteiger partial charge in [-0.3, -0.25) is 4.79 Å². The van der Waals surface area contributed by atoms with Gasteiger partial charge in [0.2, 0.25) is 5.91 Å². The molecule has 0 spiro atoms. The molecule has 1 aromatic carbocycles. The van der Waals surface area contributed by atoms with Crippen LogP contribution >= 0.6 is 11.3 Å². The molecule has 1 atom stereocenters. The van der Waals surface area contributed by atoms with Crippen molar-refractivity contribution in [2.75, 3.05) is 6.61 Å². The molecule has 0 aliphatic heterocycles. The van der Waals surface area contributed by atoms with Crippen LogP contribution in [0.5, 0.6) is 0 Å². The lowest BCUT2D eigenvalue weighted by Gasteiger charge is -2.31. The Labute approximate surface area is 141 Å². The molecular weight excluding hydrogens is 308 g/mol. The fourth-order valence-corrected chi connectivity index (χ4v) is 3.91. The Bertz CT molecular complexity index is 612. The van der Waals surface area contributed by atoms with Crippen LogP contribution in [-0.2, 0) is 11.2 Å². The Morgan fingerprint density at radius 3 is 2.57 bits per heavy atom. The fraction of sp³-hybridized carbons (Fsp3) is 0.556. The minimum absolute atomic E-state index is 0.0209. The number of thiazole rings is 1. The summed E-state index contributed by atoms with van der Waals surface area (Å²) in [5, 5.41) is 13.3. The zero-order chi connectivity index (χ0) is 16.9. The Hall–Kier alpha value is -1.46. The number of carbonyl (C=O) groups is 1. The number of nitrogens with zero attached hydrogens (tertiary/aromatic N) is 1. The second-order valence-electron chi connectivity index (χ2n) is 6.00. The summed E-state index contributed by atoms with van der Waals surface area (Å²) in [4.78, 5) is 17.5. The van der Waals surface area contributed by atoms with E-state index in [0.717, 1.165) is 34.5 Å². The van der Waals surface area contributed by atoms with Gasteiger partial charge in [0.25, 0.3) is 0 Å². The van der Waals surface area contributed by atoms with Gasteiger partial charge in [-0.15, -0.1) is 11.3 Å². The molecule has 1 heterocycles. The van der Waals surface area contributed by atoms with Crippen LogP contribution in [0.25, 0.3) is 10.2 Å². The quantitative estimate of drug-likeness (QED) is 0.776. The largest absolute Gasteiger partial charge is 0.394 e. The number of aliphatic hydroxyl groups is 1. The van der Waals surface area contributed by atoms with Gasteiger partial charge >= 0.3 is 0 Å². The second-order valence-corrected chi connectivity index (χ2v) is 7.12. The SMILES string of the molecule is CCC(CO)NC(=O)C(CC)(CC)Cc1nc2ccccc2s1. The third kappa shape index (κ3) is 3.90. The Balaban J connectivity index is 2.23. The summed E-state index contributed by atoms with van der Waals surface area (Å²) in [6, 6.07) is 7.90. The van der Waals surface area contributed by atoms with Crippen LogP contribution in [0.1, 0.15) is 45.0 Å².